The van der Waals surface area contributed by atoms with Crippen molar-refractivity contribution in [3.05, 3.63) is 18.2 Å². The van der Waals surface area contributed by atoms with Crippen molar-refractivity contribution in [1.29, 1.82) is 0 Å². The molecular formula is C11H21N3O2Si. The molecule has 0 aliphatic rings. The first-order chi connectivity index (χ1) is 7.97. The SMILES string of the molecule is C[Si](C)(C)CCOC(=O)NCCc1c[nH]cn1. The van der Waals surface area contributed by atoms with Crippen molar-refractivity contribution in [2.75, 3.05) is 13.2 Å². The van der Waals surface area contributed by atoms with Crippen LogP contribution in [0, 0.1) is 0 Å². The van der Waals surface area contributed by atoms with E-state index in [4.69, 9.17) is 4.74 Å². The standard InChI is InChI=1S/C11H21N3O2Si/c1-17(2,3)7-6-16-11(15)13-5-4-10-8-12-9-14-10/h8-9H,4-7H2,1-3H3,(H,12,14)(H,13,15). The van der Waals surface area contributed by atoms with Gasteiger partial charge in [0.25, 0.3) is 0 Å². The maximum absolute atomic E-state index is 11.3. The molecule has 5 nitrogen and oxygen atoms in total. The minimum atomic E-state index is -1.12. The lowest BCUT2D eigenvalue weighted by atomic mass is 10.3. The van der Waals surface area contributed by atoms with Crippen LogP contribution in [0.15, 0.2) is 12.5 Å². The van der Waals surface area contributed by atoms with Gasteiger partial charge in [0.1, 0.15) is 0 Å². The molecule has 1 rings (SSSR count). The van der Waals surface area contributed by atoms with Crippen LogP contribution in [-0.2, 0) is 11.2 Å². The Morgan fingerprint density at radius 3 is 2.88 bits per heavy atom. The second kappa shape index (κ2) is 6.44. The molecule has 0 radical (unpaired) electrons. The number of hydrogen-bond acceptors (Lipinski definition) is 3. The van der Waals surface area contributed by atoms with Crippen molar-refractivity contribution in [3.63, 3.8) is 0 Å². The summed E-state index contributed by atoms with van der Waals surface area (Å²) in [4.78, 5) is 18.2. The molecule has 0 aliphatic carbocycles. The minimum Gasteiger partial charge on any atom is -0.450 e. The number of alkyl carbamates (subject to hydrolysis) is 1. The second-order valence-electron chi connectivity index (χ2n) is 5.18. The van der Waals surface area contributed by atoms with Gasteiger partial charge >= 0.3 is 6.09 Å². The maximum atomic E-state index is 11.3. The predicted octanol–water partition coefficient (Wildman–Crippen LogP) is 2.02. The van der Waals surface area contributed by atoms with Gasteiger partial charge in [0, 0.05) is 27.2 Å². The number of H-pyrrole nitrogens is 1. The second-order valence-corrected chi connectivity index (χ2v) is 10.8. The third-order valence-electron chi connectivity index (χ3n) is 2.29. The highest BCUT2D eigenvalue weighted by molar-refractivity contribution is 6.76. The number of aromatic amines is 1. The highest BCUT2D eigenvalue weighted by Crippen LogP contribution is 2.07. The van der Waals surface area contributed by atoms with Crippen LogP contribution < -0.4 is 5.32 Å². The van der Waals surface area contributed by atoms with E-state index in [1.807, 2.05) is 6.20 Å². The van der Waals surface area contributed by atoms with Gasteiger partial charge in [-0.15, -0.1) is 0 Å². The molecule has 0 saturated carbocycles. The van der Waals surface area contributed by atoms with E-state index in [9.17, 15) is 4.79 Å². The Balaban J connectivity index is 2.05. The fraction of sp³-hybridized carbons (Fsp3) is 0.636. The largest absolute Gasteiger partial charge is 0.450 e. The number of ether oxygens (including phenoxy) is 1. The topological polar surface area (TPSA) is 67.0 Å². The zero-order valence-electron chi connectivity index (χ0n) is 10.7. The van der Waals surface area contributed by atoms with Crippen LogP contribution in [0.1, 0.15) is 5.69 Å². The van der Waals surface area contributed by atoms with E-state index in [0.717, 1.165) is 11.7 Å². The van der Waals surface area contributed by atoms with E-state index in [-0.39, 0.29) is 6.09 Å². The van der Waals surface area contributed by atoms with Gasteiger partial charge in [0.05, 0.1) is 18.6 Å². The quantitative estimate of drug-likeness (QED) is 0.764. The molecule has 1 amide bonds. The number of nitrogens with zero attached hydrogens (tertiary/aromatic N) is 1. The number of aromatic nitrogens is 2. The van der Waals surface area contributed by atoms with E-state index in [0.29, 0.717) is 19.6 Å². The van der Waals surface area contributed by atoms with Gasteiger partial charge in [-0.25, -0.2) is 9.78 Å². The molecule has 0 fully saturated rings. The first-order valence-corrected chi connectivity index (χ1v) is 9.56. The Kier molecular flexibility index (Phi) is 5.21. The lowest BCUT2D eigenvalue weighted by molar-refractivity contribution is 0.152. The molecule has 0 aliphatic heterocycles. The fourth-order valence-electron chi connectivity index (χ4n) is 1.22. The number of nitrogens with one attached hydrogen (secondary N) is 2. The molecule has 1 aromatic rings. The zero-order valence-corrected chi connectivity index (χ0v) is 11.7. The van der Waals surface area contributed by atoms with Gasteiger partial charge < -0.3 is 15.0 Å². The lowest BCUT2D eigenvalue weighted by Gasteiger charge is -2.15. The average Bonchev–Trinajstić information content (AvgIpc) is 2.68. The minimum absolute atomic E-state index is 0.334. The summed E-state index contributed by atoms with van der Waals surface area (Å²) < 4.78 is 5.09. The maximum Gasteiger partial charge on any atom is 0.407 e. The van der Waals surface area contributed by atoms with Crippen LogP contribution in [0.25, 0.3) is 0 Å². The Morgan fingerprint density at radius 2 is 2.29 bits per heavy atom. The summed E-state index contributed by atoms with van der Waals surface area (Å²) in [7, 11) is -1.12. The summed E-state index contributed by atoms with van der Waals surface area (Å²) in [5.41, 5.74) is 0.937. The molecule has 1 heterocycles. The first kappa shape index (κ1) is 13.8. The molecule has 0 saturated heterocycles. The van der Waals surface area contributed by atoms with Crippen molar-refractivity contribution >= 4 is 14.2 Å². The molecule has 6 heteroatoms. The van der Waals surface area contributed by atoms with Gasteiger partial charge in [-0.05, 0) is 6.04 Å². The summed E-state index contributed by atoms with van der Waals surface area (Å²) in [6.45, 7) is 7.84. The normalized spacial score (nSPS) is 11.2. The number of imidazole rings is 1. The fourth-order valence-corrected chi connectivity index (χ4v) is 1.94. The van der Waals surface area contributed by atoms with Crippen LogP contribution in [0.5, 0.6) is 0 Å². The Hall–Kier alpha value is -1.30. The molecule has 0 bridgehead atoms. The zero-order chi connectivity index (χ0) is 12.7. The molecule has 0 unspecified atom stereocenters. The molecule has 0 atom stereocenters. The number of hydrogen-bond donors (Lipinski definition) is 2. The summed E-state index contributed by atoms with van der Waals surface area (Å²) in [6.07, 6.45) is 3.82. The van der Waals surface area contributed by atoms with Crippen molar-refractivity contribution < 1.29 is 9.53 Å². The van der Waals surface area contributed by atoms with Crippen LogP contribution in [0.3, 0.4) is 0 Å². The summed E-state index contributed by atoms with van der Waals surface area (Å²) in [5, 5.41) is 2.71. The Labute approximate surface area is 103 Å². The highest BCUT2D eigenvalue weighted by atomic mass is 28.3. The highest BCUT2D eigenvalue weighted by Gasteiger charge is 2.13. The van der Waals surface area contributed by atoms with Gasteiger partial charge in [-0.1, -0.05) is 19.6 Å². The van der Waals surface area contributed by atoms with Crippen LogP contribution in [0.4, 0.5) is 4.79 Å². The van der Waals surface area contributed by atoms with Gasteiger partial charge in [0.15, 0.2) is 0 Å². The van der Waals surface area contributed by atoms with Crippen molar-refractivity contribution in [2.24, 2.45) is 0 Å². The van der Waals surface area contributed by atoms with Gasteiger partial charge in [-0.3, -0.25) is 0 Å². The predicted molar refractivity (Wildman–Crippen MR) is 69.8 cm³/mol. The molecule has 17 heavy (non-hydrogen) atoms. The van der Waals surface area contributed by atoms with Crippen molar-refractivity contribution in [3.8, 4) is 0 Å². The molecular weight excluding hydrogens is 234 g/mol. The number of carbonyl (C=O) groups excluding carboxylic acids is 1. The molecule has 1 aromatic heterocycles. The van der Waals surface area contributed by atoms with E-state index in [1.54, 1.807) is 6.33 Å². The molecule has 0 spiro atoms. The first-order valence-electron chi connectivity index (χ1n) is 5.86. The number of carbonyl (C=O) groups is 1. The van der Waals surface area contributed by atoms with E-state index in [1.165, 1.54) is 0 Å². The number of rotatable bonds is 6. The van der Waals surface area contributed by atoms with Crippen LogP contribution in [-0.4, -0.2) is 37.3 Å². The Morgan fingerprint density at radius 1 is 1.53 bits per heavy atom. The molecule has 96 valence electrons. The smallest absolute Gasteiger partial charge is 0.407 e. The van der Waals surface area contributed by atoms with Crippen molar-refractivity contribution in [2.45, 2.75) is 32.1 Å². The summed E-state index contributed by atoms with van der Waals surface area (Å²) in [5.74, 6) is 0. The monoisotopic (exact) mass is 255 g/mol. The van der Waals surface area contributed by atoms with Crippen molar-refractivity contribution in [1.82, 2.24) is 15.3 Å². The van der Waals surface area contributed by atoms with Crippen LogP contribution in [0.2, 0.25) is 25.7 Å². The summed E-state index contributed by atoms with van der Waals surface area (Å²) in [6, 6.07) is 1.000. The van der Waals surface area contributed by atoms with Gasteiger partial charge in [0.2, 0.25) is 0 Å². The lowest BCUT2D eigenvalue weighted by Crippen LogP contribution is -2.29. The number of amides is 1. The van der Waals surface area contributed by atoms with E-state index < -0.39 is 8.07 Å². The molecule has 2 N–H and O–H groups in total. The van der Waals surface area contributed by atoms with E-state index in [2.05, 4.69) is 34.9 Å². The average molecular weight is 255 g/mol. The third kappa shape index (κ3) is 6.78. The summed E-state index contributed by atoms with van der Waals surface area (Å²) >= 11 is 0. The Bertz CT molecular complexity index is 333. The van der Waals surface area contributed by atoms with E-state index >= 15 is 0 Å². The van der Waals surface area contributed by atoms with Crippen LogP contribution >= 0.6 is 0 Å². The molecule has 0 aromatic carbocycles. The van der Waals surface area contributed by atoms with Gasteiger partial charge in [-0.2, -0.15) is 0 Å². The third-order valence-corrected chi connectivity index (χ3v) is 3.99.